The van der Waals surface area contributed by atoms with Gasteiger partial charge in [-0.15, -0.1) is 0 Å². The number of para-hydroxylation sites is 2. The fourth-order valence-electron chi connectivity index (χ4n) is 4.25. The molecule has 0 aliphatic heterocycles. The molecule has 4 rings (SSSR count). The quantitative estimate of drug-likeness (QED) is 0.535. The maximum atomic E-state index is 12.7. The van der Waals surface area contributed by atoms with Crippen molar-refractivity contribution in [3.8, 4) is 0 Å². The van der Waals surface area contributed by atoms with Gasteiger partial charge in [0.1, 0.15) is 11.2 Å². The lowest BCUT2D eigenvalue weighted by atomic mass is 9.70. The standard InChI is InChI=1S/C16H18N2O/c1-15(2)10-8-9-16(15,3)14-13(10)18(19)12-7-5-4-6-11(12)17-14/h4-7,10H,8-9H2,1-3H3/t10-,16-/m1/s1. The molecule has 98 valence electrons. The van der Waals surface area contributed by atoms with Crippen LogP contribution in [0, 0.1) is 10.6 Å². The molecule has 2 atom stereocenters. The molecule has 1 fully saturated rings. The number of nitrogens with zero attached hydrogens (tertiary/aromatic N) is 2. The highest BCUT2D eigenvalue weighted by Crippen LogP contribution is 2.66. The van der Waals surface area contributed by atoms with Gasteiger partial charge in [-0.25, -0.2) is 4.98 Å². The fourth-order valence-corrected chi connectivity index (χ4v) is 4.25. The summed E-state index contributed by atoms with van der Waals surface area (Å²) in [6, 6.07) is 7.66. The highest BCUT2D eigenvalue weighted by molar-refractivity contribution is 5.71. The lowest BCUT2D eigenvalue weighted by Crippen LogP contribution is -2.37. The van der Waals surface area contributed by atoms with Crippen LogP contribution in [0.25, 0.3) is 11.0 Å². The number of benzene rings is 1. The second kappa shape index (κ2) is 3.09. The van der Waals surface area contributed by atoms with Crippen molar-refractivity contribution in [2.45, 2.75) is 44.9 Å². The van der Waals surface area contributed by atoms with Crippen molar-refractivity contribution < 1.29 is 4.73 Å². The van der Waals surface area contributed by atoms with Crippen molar-refractivity contribution in [2.75, 3.05) is 0 Å². The van der Waals surface area contributed by atoms with Crippen molar-refractivity contribution in [3.63, 3.8) is 0 Å². The Balaban J connectivity index is 2.14. The summed E-state index contributed by atoms with van der Waals surface area (Å²) in [6.45, 7) is 6.86. The molecule has 3 heteroatoms. The van der Waals surface area contributed by atoms with E-state index in [1.807, 2.05) is 24.3 Å². The van der Waals surface area contributed by atoms with Crippen LogP contribution in [0.4, 0.5) is 0 Å². The fraction of sp³-hybridized carbons (Fsp3) is 0.500. The van der Waals surface area contributed by atoms with Crippen molar-refractivity contribution in [1.82, 2.24) is 4.98 Å². The summed E-state index contributed by atoms with van der Waals surface area (Å²) < 4.78 is 1.15. The smallest absolute Gasteiger partial charge is 0.242 e. The zero-order chi connectivity index (χ0) is 13.4. The Labute approximate surface area is 112 Å². The Kier molecular flexibility index (Phi) is 1.82. The van der Waals surface area contributed by atoms with Crippen LogP contribution >= 0.6 is 0 Å². The average molecular weight is 254 g/mol. The van der Waals surface area contributed by atoms with Gasteiger partial charge in [0.25, 0.3) is 0 Å². The monoisotopic (exact) mass is 254 g/mol. The van der Waals surface area contributed by atoms with Crippen molar-refractivity contribution in [1.29, 1.82) is 0 Å². The van der Waals surface area contributed by atoms with Gasteiger partial charge in [0, 0.05) is 11.5 Å². The molecule has 1 aromatic heterocycles. The Morgan fingerprint density at radius 3 is 2.79 bits per heavy atom. The summed E-state index contributed by atoms with van der Waals surface area (Å²) in [6.07, 6.45) is 2.25. The zero-order valence-corrected chi connectivity index (χ0v) is 11.6. The number of hydrogen-bond donors (Lipinski definition) is 0. The maximum Gasteiger partial charge on any atom is 0.242 e. The second-order valence-electron chi connectivity index (χ2n) is 6.77. The predicted octanol–water partition coefficient (Wildman–Crippen LogP) is 3.04. The van der Waals surface area contributed by atoms with Gasteiger partial charge in [-0.2, -0.15) is 4.73 Å². The zero-order valence-electron chi connectivity index (χ0n) is 11.6. The molecule has 2 aliphatic rings. The van der Waals surface area contributed by atoms with Gasteiger partial charge in [0.15, 0.2) is 0 Å². The molecule has 19 heavy (non-hydrogen) atoms. The van der Waals surface area contributed by atoms with Gasteiger partial charge in [0.2, 0.25) is 11.2 Å². The third kappa shape index (κ3) is 1.06. The average Bonchev–Trinajstić information content (AvgIpc) is 2.71. The van der Waals surface area contributed by atoms with Crippen molar-refractivity contribution in [3.05, 3.63) is 40.9 Å². The number of aromatic nitrogens is 2. The third-order valence-electron chi connectivity index (χ3n) is 5.87. The molecular formula is C16H18N2O. The molecular weight excluding hydrogens is 236 g/mol. The second-order valence-corrected chi connectivity index (χ2v) is 6.77. The maximum absolute atomic E-state index is 12.7. The highest BCUT2D eigenvalue weighted by Gasteiger charge is 2.64. The van der Waals surface area contributed by atoms with Crippen LogP contribution in [-0.4, -0.2) is 4.98 Å². The Morgan fingerprint density at radius 1 is 1.26 bits per heavy atom. The predicted molar refractivity (Wildman–Crippen MR) is 73.8 cm³/mol. The van der Waals surface area contributed by atoms with Crippen molar-refractivity contribution >= 4 is 11.0 Å². The Morgan fingerprint density at radius 2 is 2.00 bits per heavy atom. The summed E-state index contributed by atoms with van der Waals surface area (Å²) in [4.78, 5) is 4.85. The van der Waals surface area contributed by atoms with E-state index in [2.05, 4.69) is 20.8 Å². The van der Waals surface area contributed by atoms with Crippen LogP contribution in [0.1, 0.15) is 50.9 Å². The molecule has 1 heterocycles. The van der Waals surface area contributed by atoms with Gasteiger partial charge in [-0.1, -0.05) is 32.9 Å². The van der Waals surface area contributed by atoms with Crippen LogP contribution < -0.4 is 4.73 Å². The van der Waals surface area contributed by atoms with Crippen LogP contribution in [0.5, 0.6) is 0 Å². The summed E-state index contributed by atoms with van der Waals surface area (Å²) in [5.41, 5.74) is 3.67. The molecule has 0 radical (unpaired) electrons. The third-order valence-corrected chi connectivity index (χ3v) is 5.87. The van der Waals surface area contributed by atoms with E-state index in [9.17, 15) is 5.21 Å². The first kappa shape index (κ1) is 11.2. The lowest BCUT2D eigenvalue weighted by Gasteiger charge is -2.33. The van der Waals surface area contributed by atoms with E-state index in [0.717, 1.165) is 34.5 Å². The number of hydrogen-bond acceptors (Lipinski definition) is 2. The molecule has 2 aliphatic carbocycles. The summed E-state index contributed by atoms with van der Waals surface area (Å²) in [7, 11) is 0. The molecule has 2 aromatic rings. The molecule has 0 unspecified atom stereocenters. The van der Waals surface area contributed by atoms with Gasteiger partial charge in [0.05, 0.1) is 5.92 Å². The Hall–Kier alpha value is -1.64. The lowest BCUT2D eigenvalue weighted by molar-refractivity contribution is -0.588. The minimum atomic E-state index is 0.0448. The van der Waals surface area contributed by atoms with Gasteiger partial charge < -0.3 is 5.21 Å². The van der Waals surface area contributed by atoms with E-state index in [1.54, 1.807) is 0 Å². The normalized spacial score (nSPS) is 30.8. The van der Waals surface area contributed by atoms with E-state index < -0.39 is 0 Å². The van der Waals surface area contributed by atoms with E-state index in [1.165, 1.54) is 0 Å². The van der Waals surface area contributed by atoms with E-state index in [4.69, 9.17) is 4.98 Å². The van der Waals surface area contributed by atoms with Crippen LogP contribution in [0.3, 0.4) is 0 Å². The SMILES string of the molecule is CC1(C)[C@@H]2CC[C@]1(C)c1nc3ccccc3[n+]([O-])c12. The topological polar surface area (TPSA) is 39.8 Å². The largest absolute Gasteiger partial charge is 0.618 e. The minimum absolute atomic E-state index is 0.0448. The van der Waals surface area contributed by atoms with Gasteiger partial charge in [-0.05, 0) is 24.3 Å². The van der Waals surface area contributed by atoms with Crippen LogP contribution in [0.2, 0.25) is 0 Å². The van der Waals surface area contributed by atoms with E-state index in [-0.39, 0.29) is 10.8 Å². The van der Waals surface area contributed by atoms with Crippen molar-refractivity contribution in [2.24, 2.45) is 5.41 Å². The molecule has 0 N–H and O–H groups in total. The Bertz CT molecular complexity index is 707. The van der Waals surface area contributed by atoms with Crippen LogP contribution in [-0.2, 0) is 5.41 Å². The summed E-state index contributed by atoms with van der Waals surface area (Å²) in [5.74, 6) is 0.349. The van der Waals surface area contributed by atoms with Crippen LogP contribution in [0.15, 0.2) is 24.3 Å². The molecule has 3 nitrogen and oxygen atoms in total. The summed E-state index contributed by atoms with van der Waals surface area (Å²) >= 11 is 0. The number of rotatable bonds is 0. The highest BCUT2D eigenvalue weighted by atomic mass is 16.5. The van der Waals surface area contributed by atoms with E-state index in [0.29, 0.717) is 11.4 Å². The summed E-state index contributed by atoms with van der Waals surface area (Å²) in [5, 5.41) is 12.7. The van der Waals surface area contributed by atoms with Gasteiger partial charge in [-0.3, -0.25) is 0 Å². The molecule has 2 bridgehead atoms. The number of fused-ring (bicyclic) bond motifs is 6. The molecule has 0 spiro atoms. The van der Waals surface area contributed by atoms with E-state index >= 15 is 0 Å². The first-order chi connectivity index (χ1) is 8.97. The molecule has 1 aromatic carbocycles. The first-order valence-electron chi connectivity index (χ1n) is 6.99. The molecule has 1 saturated carbocycles. The molecule has 0 saturated heterocycles. The first-order valence-corrected chi connectivity index (χ1v) is 6.99. The van der Waals surface area contributed by atoms with Gasteiger partial charge >= 0.3 is 0 Å². The minimum Gasteiger partial charge on any atom is -0.618 e. The molecule has 0 amide bonds.